The van der Waals surface area contributed by atoms with E-state index in [2.05, 4.69) is 39.2 Å². The first-order valence-electron chi connectivity index (χ1n) is 7.75. The highest BCUT2D eigenvalue weighted by Crippen LogP contribution is 2.48. The van der Waals surface area contributed by atoms with Crippen molar-refractivity contribution in [1.29, 1.82) is 0 Å². The number of ether oxygens (including phenoxy) is 2. The van der Waals surface area contributed by atoms with Gasteiger partial charge in [-0.05, 0) is 19.1 Å². The van der Waals surface area contributed by atoms with Crippen molar-refractivity contribution in [3.8, 4) is 11.5 Å². The summed E-state index contributed by atoms with van der Waals surface area (Å²) >= 11 is 0. The molecule has 0 fully saturated rings. The van der Waals surface area contributed by atoms with E-state index in [9.17, 15) is 0 Å². The maximum Gasteiger partial charge on any atom is 0.184 e. The van der Waals surface area contributed by atoms with E-state index in [4.69, 9.17) is 9.47 Å². The summed E-state index contributed by atoms with van der Waals surface area (Å²) in [7, 11) is 3.26. The number of benzene rings is 2. The van der Waals surface area contributed by atoms with Crippen LogP contribution >= 0.6 is 0 Å². The molecule has 122 valence electrons. The van der Waals surface area contributed by atoms with Crippen LogP contribution in [0.15, 0.2) is 42.7 Å². The normalized spacial score (nSPS) is 16.0. The van der Waals surface area contributed by atoms with Crippen LogP contribution in [0.2, 0.25) is 0 Å². The third-order valence-corrected chi connectivity index (χ3v) is 4.25. The van der Waals surface area contributed by atoms with E-state index in [1.165, 1.54) is 0 Å². The number of methoxy groups -OCH3 is 2. The van der Waals surface area contributed by atoms with E-state index < -0.39 is 0 Å². The second-order valence-electron chi connectivity index (χ2n) is 5.60. The number of nitrogens with one attached hydrogen (secondary N) is 1. The molecular formula is C18H18N4O2. The van der Waals surface area contributed by atoms with Crippen LogP contribution in [-0.2, 0) is 0 Å². The molecule has 3 aromatic rings. The van der Waals surface area contributed by atoms with Crippen LogP contribution in [0.25, 0.3) is 10.9 Å². The second kappa shape index (κ2) is 5.56. The van der Waals surface area contributed by atoms with E-state index in [1.54, 1.807) is 20.5 Å². The van der Waals surface area contributed by atoms with Gasteiger partial charge in [0, 0.05) is 11.8 Å². The Labute approximate surface area is 140 Å². The van der Waals surface area contributed by atoms with Crippen molar-refractivity contribution < 1.29 is 9.47 Å². The van der Waals surface area contributed by atoms with Crippen molar-refractivity contribution in [1.82, 2.24) is 9.97 Å². The lowest BCUT2D eigenvalue weighted by atomic mass is 10.1. The van der Waals surface area contributed by atoms with E-state index in [0.717, 1.165) is 28.1 Å². The van der Waals surface area contributed by atoms with Crippen molar-refractivity contribution in [3.05, 3.63) is 42.7 Å². The van der Waals surface area contributed by atoms with Crippen molar-refractivity contribution in [2.45, 2.75) is 13.1 Å². The average Bonchev–Trinajstić information content (AvgIpc) is 2.62. The topological polar surface area (TPSA) is 59.5 Å². The number of aromatic nitrogens is 2. The Morgan fingerprint density at radius 1 is 1.08 bits per heavy atom. The van der Waals surface area contributed by atoms with Crippen LogP contribution in [-0.4, -0.2) is 30.4 Å². The average molecular weight is 322 g/mol. The number of hydrogen-bond donors (Lipinski definition) is 1. The fourth-order valence-corrected chi connectivity index (χ4v) is 3.23. The Balaban J connectivity index is 2.03. The molecular weight excluding hydrogens is 304 g/mol. The predicted octanol–water partition coefficient (Wildman–Crippen LogP) is 3.56. The molecule has 1 aliphatic heterocycles. The highest BCUT2D eigenvalue weighted by molar-refractivity contribution is 6.06. The van der Waals surface area contributed by atoms with Gasteiger partial charge in [0.2, 0.25) is 0 Å². The summed E-state index contributed by atoms with van der Waals surface area (Å²) in [5.41, 5.74) is 2.74. The van der Waals surface area contributed by atoms with Crippen LogP contribution < -0.4 is 19.7 Å². The Morgan fingerprint density at radius 3 is 2.58 bits per heavy atom. The van der Waals surface area contributed by atoms with Gasteiger partial charge in [0.15, 0.2) is 11.5 Å². The van der Waals surface area contributed by atoms with E-state index >= 15 is 0 Å². The zero-order chi connectivity index (χ0) is 16.7. The standard InChI is InChI=1S/C18H18N4O2/c1-11-21-16-15-13(9-14(23-2)17(16)24-3)19-10-20-18(15)22(11)12-7-5-4-6-8-12/h4-11,21H,1-3H3. The van der Waals surface area contributed by atoms with Crippen molar-refractivity contribution in [2.24, 2.45) is 0 Å². The number of para-hydroxylation sites is 1. The molecule has 1 atom stereocenters. The summed E-state index contributed by atoms with van der Waals surface area (Å²) in [6.45, 7) is 2.09. The summed E-state index contributed by atoms with van der Waals surface area (Å²) < 4.78 is 11.0. The summed E-state index contributed by atoms with van der Waals surface area (Å²) in [5, 5.41) is 4.44. The predicted molar refractivity (Wildman–Crippen MR) is 94.3 cm³/mol. The molecule has 1 aromatic heterocycles. The molecule has 0 saturated heterocycles. The van der Waals surface area contributed by atoms with Crippen molar-refractivity contribution >= 4 is 28.1 Å². The lowest BCUT2D eigenvalue weighted by molar-refractivity contribution is 0.356. The Hall–Kier alpha value is -3.02. The molecule has 6 nitrogen and oxygen atoms in total. The van der Waals surface area contributed by atoms with Gasteiger partial charge in [0.1, 0.15) is 18.3 Å². The third-order valence-electron chi connectivity index (χ3n) is 4.25. The van der Waals surface area contributed by atoms with Gasteiger partial charge in [-0.2, -0.15) is 0 Å². The molecule has 1 unspecified atom stereocenters. The second-order valence-corrected chi connectivity index (χ2v) is 5.60. The van der Waals surface area contributed by atoms with Crippen LogP contribution in [0.3, 0.4) is 0 Å². The molecule has 2 aromatic carbocycles. The van der Waals surface area contributed by atoms with Crippen molar-refractivity contribution in [3.63, 3.8) is 0 Å². The Bertz CT molecular complexity index is 898. The minimum Gasteiger partial charge on any atom is -0.493 e. The minimum atomic E-state index is -0.000920. The van der Waals surface area contributed by atoms with Gasteiger partial charge >= 0.3 is 0 Å². The molecule has 4 rings (SSSR count). The lowest BCUT2D eigenvalue weighted by Crippen LogP contribution is -2.38. The molecule has 0 aliphatic carbocycles. The van der Waals surface area contributed by atoms with E-state index in [1.807, 2.05) is 24.3 Å². The van der Waals surface area contributed by atoms with Gasteiger partial charge in [-0.15, -0.1) is 0 Å². The summed E-state index contributed by atoms with van der Waals surface area (Å²) in [5.74, 6) is 2.17. The quantitative estimate of drug-likeness (QED) is 0.796. The molecule has 1 aliphatic rings. The van der Waals surface area contributed by atoms with Gasteiger partial charge in [-0.25, -0.2) is 9.97 Å². The van der Waals surface area contributed by atoms with E-state index in [-0.39, 0.29) is 6.17 Å². The van der Waals surface area contributed by atoms with Gasteiger partial charge in [0.05, 0.1) is 30.8 Å². The number of anilines is 3. The Morgan fingerprint density at radius 2 is 1.88 bits per heavy atom. The molecule has 0 radical (unpaired) electrons. The van der Waals surface area contributed by atoms with Crippen LogP contribution in [0.5, 0.6) is 11.5 Å². The molecule has 0 bridgehead atoms. The van der Waals surface area contributed by atoms with Crippen LogP contribution in [0.4, 0.5) is 17.2 Å². The maximum absolute atomic E-state index is 5.58. The smallest absolute Gasteiger partial charge is 0.184 e. The highest BCUT2D eigenvalue weighted by Gasteiger charge is 2.30. The molecule has 0 spiro atoms. The molecule has 2 heterocycles. The zero-order valence-electron chi connectivity index (χ0n) is 13.8. The van der Waals surface area contributed by atoms with Gasteiger partial charge in [0.25, 0.3) is 0 Å². The molecule has 0 amide bonds. The largest absolute Gasteiger partial charge is 0.493 e. The first-order valence-corrected chi connectivity index (χ1v) is 7.75. The summed E-state index contributed by atoms with van der Waals surface area (Å²) in [4.78, 5) is 11.1. The first-order chi connectivity index (χ1) is 11.7. The fraction of sp³-hybridized carbons (Fsp3) is 0.222. The molecule has 24 heavy (non-hydrogen) atoms. The number of hydrogen-bond acceptors (Lipinski definition) is 6. The summed E-state index contributed by atoms with van der Waals surface area (Å²) in [6.07, 6.45) is 1.58. The monoisotopic (exact) mass is 322 g/mol. The van der Waals surface area contributed by atoms with Gasteiger partial charge in [-0.3, -0.25) is 0 Å². The van der Waals surface area contributed by atoms with E-state index in [0.29, 0.717) is 11.5 Å². The lowest BCUT2D eigenvalue weighted by Gasteiger charge is -2.37. The molecule has 6 heteroatoms. The maximum atomic E-state index is 5.58. The van der Waals surface area contributed by atoms with Crippen LogP contribution in [0, 0.1) is 0 Å². The van der Waals surface area contributed by atoms with Gasteiger partial charge < -0.3 is 19.7 Å². The number of nitrogens with zero attached hydrogens (tertiary/aromatic N) is 3. The highest BCUT2D eigenvalue weighted by atomic mass is 16.5. The third kappa shape index (κ3) is 2.03. The van der Waals surface area contributed by atoms with Crippen molar-refractivity contribution in [2.75, 3.05) is 24.4 Å². The molecule has 0 saturated carbocycles. The van der Waals surface area contributed by atoms with Gasteiger partial charge in [-0.1, -0.05) is 18.2 Å². The Kier molecular flexibility index (Phi) is 3.37. The minimum absolute atomic E-state index is 0.000920. The summed E-state index contributed by atoms with van der Waals surface area (Å²) in [6, 6.07) is 12.1. The SMILES string of the molecule is COc1cc2ncnc3c2c(c1OC)NC(C)N3c1ccccc1. The molecule has 1 N–H and O–H groups in total. The first kappa shape index (κ1) is 14.6. The zero-order valence-corrected chi connectivity index (χ0v) is 13.8. The fourth-order valence-electron chi connectivity index (χ4n) is 3.23. The number of rotatable bonds is 3. The van der Waals surface area contributed by atoms with Crippen LogP contribution in [0.1, 0.15) is 6.92 Å².